The second-order valence-corrected chi connectivity index (χ2v) is 6.95. The van der Waals surface area contributed by atoms with Crippen molar-refractivity contribution in [2.75, 3.05) is 5.32 Å². The number of nitrogens with one attached hydrogen (secondary N) is 1. The van der Waals surface area contributed by atoms with Crippen molar-refractivity contribution in [3.8, 4) is 17.4 Å². The molecule has 0 aliphatic heterocycles. The summed E-state index contributed by atoms with van der Waals surface area (Å²) in [4.78, 5) is 20.9. The number of nitrogens with zero attached hydrogens (tertiary/aromatic N) is 4. The zero-order chi connectivity index (χ0) is 21.1. The lowest BCUT2D eigenvalue weighted by Crippen LogP contribution is -2.13. The largest absolute Gasteiger partial charge is 0.439 e. The smallest absolute Gasteiger partial charge is 0.255 e. The van der Waals surface area contributed by atoms with Gasteiger partial charge in [0.1, 0.15) is 12.1 Å². The van der Waals surface area contributed by atoms with E-state index in [0.717, 1.165) is 17.0 Å². The number of aromatic nitrogens is 4. The van der Waals surface area contributed by atoms with Crippen molar-refractivity contribution >= 4 is 11.6 Å². The lowest BCUT2D eigenvalue weighted by Gasteiger charge is -2.09. The van der Waals surface area contributed by atoms with E-state index in [2.05, 4.69) is 20.4 Å². The number of benzene rings is 2. The van der Waals surface area contributed by atoms with Crippen molar-refractivity contribution in [3.63, 3.8) is 0 Å². The Hall–Kier alpha value is -4.00. The minimum atomic E-state index is -0.146. The van der Waals surface area contributed by atoms with Crippen LogP contribution in [0, 0.1) is 20.8 Å². The number of amides is 1. The van der Waals surface area contributed by atoms with Crippen LogP contribution in [-0.2, 0) is 0 Å². The van der Waals surface area contributed by atoms with Crippen LogP contribution in [0.4, 0.5) is 5.69 Å². The summed E-state index contributed by atoms with van der Waals surface area (Å²) in [7, 11) is 0. The van der Waals surface area contributed by atoms with Crippen LogP contribution in [0.1, 0.15) is 27.3 Å². The van der Waals surface area contributed by atoms with Gasteiger partial charge in [0, 0.05) is 23.0 Å². The Morgan fingerprint density at radius 2 is 1.73 bits per heavy atom. The number of hydrogen-bond acceptors (Lipinski definition) is 5. The second-order valence-electron chi connectivity index (χ2n) is 6.95. The fraction of sp³-hybridized carbons (Fsp3) is 0.130. The van der Waals surface area contributed by atoms with Gasteiger partial charge in [-0.15, -0.1) is 0 Å². The van der Waals surface area contributed by atoms with E-state index in [0.29, 0.717) is 28.7 Å². The van der Waals surface area contributed by atoms with Crippen LogP contribution in [0.3, 0.4) is 0 Å². The molecule has 7 nitrogen and oxygen atoms in total. The Morgan fingerprint density at radius 3 is 2.43 bits per heavy atom. The van der Waals surface area contributed by atoms with E-state index >= 15 is 0 Å². The molecule has 0 saturated heterocycles. The van der Waals surface area contributed by atoms with Crippen molar-refractivity contribution in [2.45, 2.75) is 20.8 Å². The molecule has 0 aliphatic rings. The highest BCUT2D eigenvalue weighted by Crippen LogP contribution is 2.23. The van der Waals surface area contributed by atoms with Gasteiger partial charge in [-0.05, 0) is 62.7 Å². The Balaban J connectivity index is 1.46. The highest BCUT2D eigenvalue weighted by molar-refractivity contribution is 6.05. The molecule has 1 amide bonds. The van der Waals surface area contributed by atoms with Gasteiger partial charge in [0.25, 0.3) is 5.91 Å². The third-order valence-corrected chi connectivity index (χ3v) is 4.58. The zero-order valence-electron chi connectivity index (χ0n) is 17.0. The maximum absolute atomic E-state index is 12.4. The minimum absolute atomic E-state index is 0.146. The monoisotopic (exact) mass is 399 g/mol. The van der Waals surface area contributed by atoms with Gasteiger partial charge in [-0.25, -0.2) is 14.6 Å². The van der Waals surface area contributed by atoms with E-state index in [1.54, 1.807) is 41.1 Å². The van der Waals surface area contributed by atoms with Gasteiger partial charge in [0.05, 0.1) is 5.69 Å². The van der Waals surface area contributed by atoms with Gasteiger partial charge in [-0.1, -0.05) is 18.2 Å². The average Bonchev–Trinajstić information content (AvgIpc) is 3.08. The predicted octanol–water partition coefficient (Wildman–Crippen LogP) is 4.63. The molecule has 4 rings (SSSR count). The Bertz CT molecular complexity index is 1200. The molecule has 0 atom stereocenters. The third kappa shape index (κ3) is 4.20. The molecule has 2 heterocycles. The number of hydrogen-bond donors (Lipinski definition) is 1. The van der Waals surface area contributed by atoms with Gasteiger partial charge >= 0.3 is 0 Å². The number of carbonyl (C=O) groups excluding carboxylic acids is 1. The van der Waals surface area contributed by atoms with Crippen LogP contribution in [0.15, 0.2) is 67.0 Å². The first kappa shape index (κ1) is 19.3. The third-order valence-electron chi connectivity index (χ3n) is 4.58. The molecule has 0 saturated carbocycles. The van der Waals surface area contributed by atoms with E-state index in [9.17, 15) is 4.79 Å². The molecule has 7 heteroatoms. The standard InChI is InChI=1S/C23H21N5O2/c1-15-6-4-5-7-20(15)23(29)26-18-8-10-19(11-9-18)30-22-13-21(24-14-25-22)28-17(3)12-16(2)27-28/h4-14H,1-3H3,(H,26,29). The van der Waals surface area contributed by atoms with E-state index in [1.807, 2.05) is 45.0 Å². The maximum atomic E-state index is 12.4. The number of ether oxygens (including phenoxy) is 1. The minimum Gasteiger partial charge on any atom is -0.439 e. The fourth-order valence-corrected chi connectivity index (χ4v) is 3.12. The normalized spacial score (nSPS) is 10.6. The molecule has 0 radical (unpaired) electrons. The summed E-state index contributed by atoms with van der Waals surface area (Å²) < 4.78 is 7.59. The molecule has 0 unspecified atom stereocenters. The van der Waals surface area contributed by atoms with E-state index in [-0.39, 0.29) is 5.91 Å². The summed E-state index contributed by atoms with van der Waals surface area (Å²) >= 11 is 0. The molecule has 0 bridgehead atoms. The fourth-order valence-electron chi connectivity index (χ4n) is 3.12. The molecule has 2 aromatic heterocycles. The Morgan fingerprint density at radius 1 is 0.967 bits per heavy atom. The quantitative estimate of drug-likeness (QED) is 0.529. The molecule has 0 fully saturated rings. The van der Waals surface area contributed by atoms with Crippen molar-refractivity contribution in [3.05, 3.63) is 89.5 Å². The van der Waals surface area contributed by atoms with Crippen LogP contribution in [0.5, 0.6) is 11.6 Å². The summed E-state index contributed by atoms with van der Waals surface area (Å²) in [5, 5.41) is 7.33. The first-order valence-electron chi connectivity index (χ1n) is 9.50. The van der Waals surface area contributed by atoms with Crippen LogP contribution in [-0.4, -0.2) is 25.7 Å². The lowest BCUT2D eigenvalue weighted by molar-refractivity contribution is 0.102. The number of rotatable bonds is 5. The molecule has 4 aromatic rings. The van der Waals surface area contributed by atoms with Crippen LogP contribution in [0.25, 0.3) is 5.82 Å². The molecule has 150 valence electrons. The molecule has 0 aliphatic carbocycles. The number of carbonyl (C=O) groups is 1. The molecular weight excluding hydrogens is 378 g/mol. The van der Waals surface area contributed by atoms with Gasteiger partial charge < -0.3 is 10.1 Å². The second kappa shape index (κ2) is 8.16. The van der Waals surface area contributed by atoms with Crippen molar-refractivity contribution in [1.29, 1.82) is 0 Å². The summed E-state index contributed by atoms with van der Waals surface area (Å²) in [5.74, 6) is 1.49. The summed E-state index contributed by atoms with van der Waals surface area (Å²) in [6.45, 7) is 5.81. The van der Waals surface area contributed by atoms with Crippen molar-refractivity contribution in [1.82, 2.24) is 19.7 Å². The zero-order valence-corrected chi connectivity index (χ0v) is 17.0. The molecule has 1 N–H and O–H groups in total. The van der Waals surface area contributed by atoms with Gasteiger partial charge in [-0.2, -0.15) is 5.10 Å². The Labute approximate surface area is 174 Å². The maximum Gasteiger partial charge on any atom is 0.255 e. The molecule has 2 aromatic carbocycles. The first-order valence-corrected chi connectivity index (χ1v) is 9.50. The topological polar surface area (TPSA) is 81.9 Å². The van der Waals surface area contributed by atoms with Crippen molar-refractivity contribution in [2.24, 2.45) is 0 Å². The van der Waals surface area contributed by atoms with Crippen molar-refractivity contribution < 1.29 is 9.53 Å². The highest BCUT2D eigenvalue weighted by atomic mass is 16.5. The Kier molecular flexibility index (Phi) is 5.26. The van der Waals surface area contributed by atoms with E-state index < -0.39 is 0 Å². The average molecular weight is 399 g/mol. The molecule has 30 heavy (non-hydrogen) atoms. The van der Waals surface area contributed by atoms with E-state index in [4.69, 9.17) is 4.74 Å². The van der Waals surface area contributed by atoms with Gasteiger partial charge in [-0.3, -0.25) is 4.79 Å². The molecule has 0 spiro atoms. The van der Waals surface area contributed by atoms with Crippen LogP contribution >= 0.6 is 0 Å². The van der Waals surface area contributed by atoms with Crippen LogP contribution < -0.4 is 10.1 Å². The molecular formula is C23H21N5O2. The first-order chi connectivity index (χ1) is 14.5. The summed E-state index contributed by atoms with van der Waals surface area (Å²) in [6, 6.07) is 18.3. The van der Waals surface area contributed by atoms with Crippen LogP contribution in [0.2, 0.25) is 0 Å². The summed E-state index contributed by atoms with van der Waals surface area (Å²) in [5.41, 5.74) is 4.15. The SMILES string of the molecule is Cc1cc(C)n(-c2cc(Oc3ccc(NC(=O)c4ccccc4C)cc3)ncn2)n1. The van der Waals surface area contributed by atoms with E-state index in [1.165, 1.54) is 6.33 Å². The lowest BCUT2D eigenvalue weighted by atomic mass is 10.1. The summed E-state index contributed by atoms with van der Waals surface area (Å²) in [6.07, 6.45) is 1.44. The number of aryl methyl sites for hydroxylation is 3. The highest BCUT2D eigenvalue weighted by Gasteiger charge is 2.10. The number of anilines is 1. The van der Waals surface area contributed by atoms with Gasteiger partial charge in [0.15, 0.2) is 5.82 Å². The van der Waals surface area contributed by atoms with Gasteiger partial charge in [0.2, 0.25) is 5.88 Å². The predicted molar refractivity (Wildman–Crippen MR) is 114 cm³/mol.